The zero-order chi connectivity index (χ0) is 9.78. The molecule has 0 bridgehead atoms. The summed E-state index contributed by atoms with van der Waals surface area (Å²) in [5.41, 5.74) is 5.33. The molecule has 0 saturated heterocycles. The van der Waals surface area contributed by atoms with Crippen molar-refractivity contribution in [3.05, 3.63) is 12.7 Å². The summed E-state index contributed by atoms with van der Waals surface area (Å²) in [6.45, 7) is 9.57. The summed E-state index contributed by atoms with van der Waals surface area (Å²) in [6, 6.07) is 0. The molecule has 0 aromatic rings. The lowest BCUT2D eigenvalue weighted by atomic mass is 9.89. The van der Waals surface area contributed by atoms with Crippen LogP contribution in [0.25, 0.3) is 0 Å². The first-order chi connectivity index (χ1) is 5.41. The Bertz CT molecular complexity index is 170. The van der Waals surface area contributed by atoms with Crippen molar-refractivity contribution in [2.24, 2.45) is 11.1 Å². The Kier molecular flexibility index (Phi) is 3.96. The molecule has 0 heterocycles. The lowest BCUT2D eigenvalue weighted by Crippen LogP contribution is -2.37. The van der Waals surface area contributed by atoms with Gasteiger partial charge < -0.3 is 10.5 Å². The molecule has 3 heteroatoms. The maximum Gasteiger partial charge on any atom is 0.330 e. The van der Waals surface area contributed by atoms with Gasteiger partial charge in [0.1, 0.15) is 6.10 Å². The summed E-state index contributed by atoms with van der Waals surface area (Å²) >= 11 is 0. The number of rotatable bonds is 3. The standard InChI is InChI=1S/C9H17NO2/c1-5-8(11)12-7(6-10)9(2,3)4/h5,7H,1,6,10H2,2-4H3. The first kappa shape index (κ1) is 11.2. The van der Waals surface area contributed by atoms with E-state index in [4.69, 9.17) is 10.5 Å². The van der Waals surface area contributed by atoms with E-state index in [0.717, 1.165) is 6.08 Å². The van der Waals surface area contributed by atoms with Crippen molar-refractivity contribution >= 4 is 5.97 Å². The molecule has 3 nitrogen and oxygen atoms in total. The van der Waals surface area contributed by atoms with Crippen LogP contribution in [0, 0.1) is 5.41 Å². The first-order valence-electron chi connectivity index (χ1n) is 3.95. The molecule has 1 unspecified atom stereocenters. The Morgan fingerprint density at radius 1 is 1.67 bits per heavy atom. The molecule has 0 aromatic carbocycles. The Labute approximate surface area is 73.6 Å². The molecule has 0 radical (unpaired) electrons. The molecule has 0 aliphatic rings. The largest absolute Gasteiger partial charge is 0.457 e. The van der Waals surface area contributed by atoms with E-state index in [-0.39, 0.29) is 11.5 Å². The summed E-state index contributed by atoms with van der Waals surface area (Å²) in [5.74, 6) is -0.416. The van der Waals surface area contributed by atoms with Gasteiger partial charge in [0, 0.05) is 18.0 Å². The fourth-order valence-electron chi connectivity index (χ4n) is 0.767. The number of carbonyl (C=O) groups is 1. The van der Waals surface area contributed by atoms with Crippen LogP contribution in [-0.2, 0) is 9.53 Å². The van der Waals surface area contributed by atoms with Crippen LogP contribution >= 0.6 is 0 Å². The van der Waals surface area contributed by atoms with Gasteiger partial charge in [0.05, 0.1) is 0 Å². The lowest BCUT2D eigenvalue weighted by Gasteiger charge is -2.28. The molecular weight excluding hydrogens is 154 g/mol. The third-order valence-electron chi connectivity index (χ3n) is 1.61. The van der Waals surface area contributed by atoms with Gasteiger partial charge in [0.15, 0.2) is 0 Å². The Balaban J connectivity index is 4.18. The predicted molar refractivity (Wildman–Crippen MR) is 48.6 cm³/mol. The zero-order valence-electron chi connectivity index (χ0n) is 7.96. The monoisotopic (exact) mass is 171 g/mol. The van der Waals surface area contributed by atoms with E-state index in [1.54, 1.807) is 0 Å². The van der Waals surface area contributed by atoms with Crippen LogP contribution in [0.15, 0.2) is 12.7 Å². The molecule has 1 atom stereocenters. The zero-order valence-corrected chi connectivity index (χ0v) is 7.96. The van der Waals surface area contributed by atoms with Crippen molar-refractivity contribution in [2.75, 3.05) is 6.54 Å². The second kappa shape index (κ2) is 4.26. The van der Waals surface area contributed by atoms with Gasteiger partial charge in [-0.3, -0.25) is 0 Å². The Morgan fingerprint density at radius 3 is 2.42 bits per heavy atom. The number of carbonyl (C=O) groups excluding carboxylic acids is 1. The van der Waals surface area contributed by atoms with Crippen LogP contribution in [0.2, 0.25) is 0 Å². The molecule has 70 valence electrons. The van der Waals surface area contributed by atoms with E-state index in [0.29, 0.717) is 6.54 Å². The average Bonchev–Trinajstić information content (AvgIpc) is 1.97. The summed E-state index contributed by atoms with van der Waals surface area (Å²) in [6.07, 6.45) is 0.900. The topological polar surface area (TPSA) is 52.3 Å². The van der Waals surface area contributed by atoms with E-state index in [1.807, 2.05) is 20.8 Å². The summed E-state index contributed by atoms with van der Waals surface area (Å²) < 4.78 is 5.03. The van der Waals surface area contributed by atoms with Crippen LogP contribution in [-0.4, -0.2) is 18.6 Å². The maximum absolute atomic E-state index is 10.8. The van der Waals surface area contributed by atoms with Crippen LogP contribution in [0.1, 0.15) is 20.8 Å². The summed E-state index contributed by atoms with van der Waals surface area (Å²) in [5, 5.41) is 0. The van der Waals surface area contributed by atoms with Crippen LogP contribution < -0.4 is 5.73 Å². The van der Waals surface area contributed by atoms with Gasteiger partial charge in [-0.2, -0.15) is 0 Å². The van der Waals surface area contributed by atoms with Crippen molar-refractivity contribution in [1.82, 2.24) is 0 Å². The van der Waals surface area contributed by atoms with Gasteiger partial charge in [-0.05, 0) is 0 Å². The molecule has 0 aliphatic heterocycles. The van der Waals surface area contributed by atoms with Crippen molar-refractivity contribution < 1.29 is 9.53 Å². The normalized spacial score (nSPS) is 13.7. The van der Waals surface area contributed by atoms with Crippen LogP contribution in [0.5, 0.6) is 0 Å². The molecule has 0 rings (SSSR count). The Morgan fingerprint density at radius 2 is 2.17 bits per heavy atom. The van der Waals surface area contributed by atoms with E-state index < -0.39 is 5.97 Å². The number of ether oxygens (including phenoxy) is 1. The minimum absolute atomic E-state index is 0.118. The SMILES string of the molecule is C=CC(=O)OC(CN)C(C)(C)C. The van der Waals surface area contributed by atoms with E-state index >= 15 is 0 Å². The fourth-order valence-corrected chi connectivity index (χ4v) is 0.767. The number of nitrogens with two attached hydrogens (primary N) is 1. The second-order valence-electron chi connectivity index (χ2n) is 3.73. The highest BCUT2D eigenvalue weighted by atomic mass is 16.5. The highest BCUT2D eigenvalue weighted by Crippen LogP contribution is 2.21. The van der Waals surface area contributed by atoms with E-state index in [1.165, 1.54) is 0 Å². The summed E-state index contributed by atoms with van der Waals surface area (Å²) in [4.78, 5) is 10.8. The summed E-state index contributed by atoms with van der Waals surface area (Å²) in [7, 11) is 0. The molecule has 2 N–H and O–H groups in total. The smallest absolute Gasteiger partial charge is 0.330 e. The predicted octanol–water partition coefficient (Wildman–Crippen LogP) is 1.09. The molecule has 12 heavy (non-hydrogen) atoms. The van der Waals surface area contributed by atoms with Gasteiger partial charge in [-0.15, -0.1) is 0 Å². The molecule has 0 amide bonds. The van der Waals surface area contributed by atoms with Crippen molar-refractivity contribution in [2.45, 2.75) is 26.9 Å². The molecule has 0 saturated carbocycles. The number of esters is 1. The minimum Gasteiger partial charge on any atom is -0.457 e. The molecule has 0 aliphatic carbocycles. The van der Waals surface area contributed by atoms with E-state index in [9.17, 15) is 4.79 Å². The van der Waals surface area contributed by atoms with Gasteiger partial charge in [-0.25, -0.2) is 4.79 Å². The maximum atomic E-state index is 10.8. The lowest BCUT2D eigenvalue weighted by molar-refractivity contribution is -0.147. The fraction of sp³-hybridized carbons (Fsp3) is 0.667. The Hall–Kier alpha value is -0.830. The molecule has 0 spiro atoms. The number of hydrogen-bond donors (Lipinski definition) is 1. The van der Waals surface area contributed by atoms with Gasteiger partial charge >= 0.3 is 5.97 Å². The number of hydrogen-bond acceptors (Lipinski definition) is 3. The average molecular weight is 171 g/mol. The second-order valence-corrected chi connectivity index (χ2v) is 3.73. The first-order valence-corrected chi connectivity index (χ1v) is 3.95. The van der Waals surface area contributed by atoms with Crippen molar-refractivity contribution in [3.8, 4) is 0 Å². The quantitative estimate of drug-likeness (QED) is 0.511. The molecule has 0 fully saturated rings. The van der Waals surface area contributed by atoms with Crippen LogP contribution in [0.3, 0.4) is 0 Å². The molecule has 0 aromatic heterocycles. The van der Waals surface area contributed by atoms with Gasteiger partial charge in [-0.1, -0.05) is 27.4 Å². The highest BCUT2D eigenvalue weighted by molar-refractivity contribution is 5.81. The van der Waals surface area contributed by atoms with E-state index in [2.05, 4.69) is 6.58 Å². The third-order valence-corrected chi connectivity index (χ3v) is 1.61. The minimum atomic E-state index is -0.416. The van der Waals surface area contributed by atoms with Crippen molar-refractivity contribution in [3.63, 3.8) is 0 Å². The van der Waals surface area contributed by atoms with Crippen molar-refractivity contribution in [1.29, 1.82) is 0 Å². The highest BCUT2D eigenvalue weighted by Gasteiger charge is 2.25. The third kappa shape index (κ3) is 3.53. The molecular formula is C9H17NO2. The van der Waals surface area contributed by atoms with Gasteiger partial charge in [0.25, 0.3) is 0 Å². The van der Waals surface area contributed by atoms with Crippen LogP contribution in [0.4, 0.5) is 0 Å². The van der Waals surface area contributed by atoms with Gasteiger partial charge in [0.2, 0.25) is 0 Å².